The van der Waals surface area contributed by atoms with E-state index in [0.717, 1.165) is 24.6 Å². The van der Waals surface area contributed by atoms with Gasteiger partial charge in [0.05, 0.1) is 0 Å². The maximum atomic E-state index is 4.63. The molecule has 1 aliphatic rings. The van der Waals surface area contributed by atoms with Crippen LogP contribution in [0.1, 0.15) is 13.3 Å². The molecule has 66 valence electrons. The van der Waals surface area contributed by atoms with E-state index >= 15 is 0 Å². The maximum Gasteiger partial charge on any atom is 0.217 e. The summed E-state index contributed by atoms with van der Waals surface area (Å²) in [5, 5.41) is 10.7. The lowest BCUT2D eigenvalue weighted by atomic mass is 10.1. The fourth-order valence-corrected chi connectivity index (χ4v) is 1.47. The number of fused-ring (bicyclic) bond motifs is 1. The third kappa shape index (κ3) is 0.929. The lowest BCUT2D eigenvalue weighted by molar-refractivity contribution is 0.309. The van der Waals surface area contributed by atoms with E-state index in [9.17, 15) is 0 Å². The van der Waals surface area contributed by atoms with Gasteiger partial charge in [0, 0.05) is 19.6 Å². The van der Waals surface area contributed by atoms with Crippen molar-refractivity contribution in [2.24, 2.45) is 0 Å². The summed E-state index contributed by atoms with van der Waals surface area (Å²) in [6, 6.07) is 0.490. The predicted octanol–water partition coefficient (Wildman–Crippen LogP) is 0.710. The monoisotopic (exact) mass is 168 g/mol. The van der Waals surface area contributed by atoms with Crippen LogP contribution in [0.5, 0.6) is 0 Å². The molecule has 0 fully saturated rings. The van der Waals surface area contributed by atoms with Crippen LogP contribution in [0.25, 0.3) is 0 Å². The number of anilines is 2. The molecule has 2 heterocycles. The number of rotatable bonds is 1. The summed E-state index contributed by atoms with van der Waals surface area (Å²) in [4.78, 5) is 2.10. The maximum absolute atomic E-state index is 4.63. The molecular formula is C7H12N4O. The Hall–Kier alpha value is -1.26. The zero-order chi connectivity index (χ0) is 8.55. The van der Waals surface area contributed by atoms with E-state index in [4.69, 9.17) is 0 Å². The van der Waals surface area contributed by atoms with Gasteiger partial charge in [-0.2, -0.15) is 0 Å². The normalized spacial score (nSPS) is 21.8. The molecule has 0 bridgehead atoms. The summed E-state index contributed by atoms with van der Waals surface area (Å²) in [5.41, 5.74) is 0. The zero-order valence-corrected chi connectivity index (χ0v) is 7.24. The minimum atomic E-state index is 0.490. The van der Waals surface area contributed by atoms with Gasteiger partial charge in [-0.25, -0.2) is 4.63 Å². The van der Waals surface area contributed by atoms with E-state index in [1.165, 1.54) is 0 Å². The molecule has 0 spiro atoms. The van der Waals surface area contributed by atoms with Crippen molar-refractivity contribution < 1.29 is 4.63 Å². The number of nitrogens with one attached hydrogen (secondary N) is 1. The highest BCUT2D eigenvalue weighted by molar-refractivity contribution is 5.62. The highest BCUT2D eigenvalue weighted by Crippen LogP contribution is 2.26. The Bertz CT molecular complexity index is 272. The summed E-state index contributed by atoms with van der Waals surface area (Å²) in [5.74, 6) is 1.57. The molecule has 5 heteroatoms. The molecular weight excluding hydrogens is 156 g/mol. The smallest absolute Gasteiger partial charge is 0.217 e. The van der Waals surface area contributed by atoms with Crippen LogP contribution in [0.2, 0.25) is 0 Å². The molecule has 12 heavy (non-hydrogen) atoms. The van der Waals surface area contributed by atoms with Crippen molar-refractivity contribution in [1.82, 2.24) is 10.3 Å². The topological polar surface area (TPSA) is 54.2 Å². The number of aromatic nitrogens is 2. The first-order valence-electron chi connectivity index (χ1n) is 4.12. The largest absolute Gasteiger partial charge is 0.362 e. The fraction of sp³-hybridized carbons (Fsp3) is 0.714. The first kappa shape index (κ1) is 7.39. The molecule has 0 aromatic carbocycles. The Kier molecular flexibility index (Phi) is 1.64. The summed E-state index contributed by atoms with van der Waals surface area (Å²) in [6.45, 7) is 3.07. The molecule has 0 aliphatic carbocycles. The van der Waals surface area contributed by atoms with Crippen LogP contribution in [0, 0.1) is 0 Å². The Balaban J connectivity index is 2.29. The van der Waals surface area contributed by atoms with Crippen LogP contribution < -0.4 is 10.2 Å². The van der Waals surface area contributed by atoms with E-state index in [0.29, 0.717) is 6.04 Å². The predicted molar refractivity (Wildman–Crippen MR) is 45.3 cm³/mol. The molecule has 0 saturated carbocycles. The second-order valence-corrected chi connectivity index (χ2v) is 2.99. The second kappa shape index (κ2) is 2.66. The van der Waals surface area contributed by atoms with Crippen molar-refractivity contribution in [3.8, 4) is 0 Å². The van der Waals surface area contributed by atoms with Crippen LogP contribution in [-0.2, 0) is 0 Å². The van der Waals surface area contributed by atoms with Gasteiger partial charge in [-0.05, 0) is 16.7 Å². The highest BCUT2D eigenvalue weighted by Gasteiger charge is 2.25. The van der Waals surface area contributed by atoms with Crippen LogP contribution in [0.15, 0.2) is 4.63 Å². The van der Waals surface area contributed by atoms with Gasteiger partial charge in [0.25, 0.3) is 0 Å². The number of likely N-dealkylation sites (N-methyl/N-ethyl adjacent to an activating group) is 1. The van der Waals surface area contributed by atoms with Crippen LogP contribution in [0.4, 0.5) is 11.6 Å². The van der Waals surface area contributed by atoms with Crippen LogP contribution >= 0.6 is 0 Å². The molecule has 0 amide bonds. The molecule has 5 nitrogen and oxygen atoms in total. The van der Waals surface area contributed by atoms with Gasteiger partial charge in [-0.1, -0.05) is 6.92 Å². The average molecular weight is 168 g/mol. The molecule has 1 unspecified atom stereocenters. The molecule has 1 aromatic rings. The molecule has 0 saturated heterocycles. The van der Waals surface area contributed by atoms with Gasteiger partial charge in [0.15, 0.2) is 0 Å². The molecule has 1 atom stereocenters. The molecule has 1 aromatic heterocycles. The van der Waals surface area contributed by atoms with Gasteiger partial charge in [0.2, 0.25) is 11.6 Å². The quantitative estimate of drug-likeness (QED) is 0.669. The van der Waals surface area contributed by atoms with Crippen molar-refractivity contribution in [2.45, 2.75) is 19.4 Å². The van der Waals surface area contributed by atoms with Gasteiger partial charge < -0.3 is 10.2 Å². The van der Waals surface area contributed by atoms with E-state index < -0.39 is 0 Å². The van der Waals surface area contributed by atoms with Gasteiger partial charge in [-0.15, -0.1) is 0 Å². The Morgan fingerprint density at radius 2 is 2.50 bits per heavy atom. The lowest BCUT2D eigenvalue weighted by Crippen LogP contribution is -2.41. The van der Waals surface area contributed by atoms with Crippen LogP contribution in [-0.4, -0.2) is 29.9 Å². The Morgan fingerprint density at radius 3 is 3.25 bits per heavy atom. The Morgan fingerprint density at radius 1 is 1.67 bits per heavy atom. The summed E-state index contributed by atoms with van der Waals surface area (Å²) >= 11 is 0. The van der Waals surface area contributed by atoms with Crippen molar-refractivity contribution in [2.75, 3.05) is 23.8 Å². The summed E-state index contributed by atoms with van der Waals surface area (Å²) < 4.78 is 4.63. The Labute approximate surface area is 70.7 Å². The summed E-state index contributed by atoms with van der Waals surface area (Å²) in [7, 11) is 2.01. The average Bonchev–Trinajstić information content (AvgIpc) is 2.53. The van der Waals surface area contributed by atoms with Crippen LogP contribution in [0.3, 0.4) is 0 Å². The molecule has 0 radical (unpaired) electrons. The van der Waals surface area contributed by atoms with Crippen molar-refractivity contribution in [3.05, 3.63) is 0 Å². The first-order chi connectivity index (χ1) is 5.83. The van der Waals surface area contributed by atoms with Gasteiger partial charge in [0.1, 0.15) is 0 Å². The fourth-order valence-electron chi connectivity index (χ4n) is 1.47. The number of nitrogens with zero attached hydrogens (tertiary/aromatic N) is 3. The second-order valence-electron chi connectivity index (χ2n) is 2.99. The minimum Gasteiger partial charge on any atom is -0.362 e. The van der Waals surface area contributed by atoms with Crippen molar-refractivity contribution >= 4 is 11.6 Å². The highest BCUT2D eigenvalue weighted by atomic mass is 16.6. The number of hydrogen-bond acceptors (Lipinski definition) is 5. The zero-order valence-electron chi connectivity index (χ0n) is 7.24. The molecule has 1 N–H and O–H groups in total. The number of hydrogen-bond donors (Lipinski definition) is 1. The van der Waals surface area contributed by atoms with E-state index in [1.807, 2.05) is 7.05 Å². The standard InChI is InChI=1S/C7H12N4O/c1-3-5-4-8-6-7(11(5)2)10-12-9-6/h5H,3-4H2,1-2H3,(H,8,9). The molecule has 2 rings (SSSR count). The molecule has 1 aliphatic heterocycles. The third-order valence-electron chi connectivity index (χ3n) is 2.33. The third-order valence-corrected chi connectivity index (χ3v) is 2.33. The van der Waals surface area contributed by atoms with Crippen molar-refractivity contribution in [3.63, 3.8) is 0 Å². The summed E-state index contributed by atoms with van der Waals surface area (Å²) in [6.07, 6.45) is 1.09. The van der Waals surface area contributed by atoms with E-state index in [1.54, 1.807) is 0 Å². The lowest BCUT2D eigenvalue weighted by Gasteiger charge is -2.31. The minimum absolute atomic E-state index is 0.490. The van der Waals surface area contributed by atoms with Gasteiger partial charge in [-0.3, -0.25) is 0 Å². The SMILES string of the molecule is CCC1CNc2nonc2N1C. The van der Waals surface area contributed by atoms with Crippen molar-refractivity contribution in [1.29, 1.82) is 0 Å². The first-order valence-corrected chi connectivity index (χ1v) is 4.12. The van der Waals surface area contributed by atoms with Gasteiger partial charge >= 0.3 is 0 Å². The van der Waals surface area contributed by atoms with E-state index in [-0.39, 0.29) is 0 Å². The van der Waals surface area contributed by atoms with E-state index in [2.05, 4.69) is 32.1 Å².